The summed E-state index contributed by atoms with van der Waals surface area (Å²) in [6.07, 6.45) is -5.20. The molecule has 0 aliphatic carbocycles. The second kappa shape index (κ2) is 6.45. The zero-order valence-corrected chi connectivity index (χ0v) is 11.9. The maximum atomic E-state index is 12.3. The molecule has 1 unspecified atom stereocenters. The van der Waals surface area contributed by atoms with E-state index in [-0.39, 0.29) is 19.6 Å². The maximum Gasteiger partial charge on any atom is 0.401 e. The summed E-state index contributed by atoms with van der Waals surface area (Å²) >= 11 is 0. The van der Waals surface area contributed by atoms with Crippen LogP contribution in [-0.4, -0.2) is 51.7 Å². The highest BCUT2D eigenvalue weighted by Gasteiger charge is 2.30. The standard InChI is InChI=1S/C12H21F3N4O/c1-4-18(7-12(13,14)15)5-10(20)6-19-9(3)11(16)8(2)17-19/h10,20H,4-7,16H2,1-3H3. The number of aromatic nitrogens is 2. The van der Waals surface area contributed by atoms with Crippen LogP contribution in [0.1, 0.15) is 18.3 Å². The van der Waals surface area contributed by atoms with Gasteiger partial charge in [0.25, 0.3) is 0 Å². The zero-order chi connectivity index (χ0) is 15.5. The molecule has 1 heterocycles. The Morgan fingerprint density at radius 1 is 1.40 bits per heavy atom. The first kappa shape index (κ1) is 16.8. The summed E-state index contributed by atoms with van der Waals surface area (Å²) in [6.45, 7) is 4.38. The van der Waals surface area contributed by atoms with Crippen molar-refractivity contribution >= 4 is 5.69 Å². The van der Waals surface area contributed by atoms with E-state index in [0.717, 1.165) is 4.90 Å². The molecule has 1 atom stereocenters. The first-order valence-electron chi connectivity index (χ1n) is 6.40. The van der Waals surface area contributed by atoms with Gasteiger partial charge in [0, 0.05) is 6.54 Å². The van der Waals surface area contributed by atoms with Gasteiger partial charge in [-0.1, -0.05) is 6.92 Å². The minimum absolute atomic E-state index is 0.0612. The van der Waals surface area contributed by atoms with E-state index >= 15 is 0 Å². The molecule has 0 aliphatic heterocycles. The van der Waals surface area contributed by atoms with Gasteiger partial charge < -0.3 is 10.8 Å². The predicted molar refractivity (Wildman–Crippen MR) is 70.3 cm³/mol. The van der Waals surface area contributed by atoms with Gasteiger partial charge in [-0.3, -0.25) is 9.58 Å². The van der Waals surface area contributed by atoms with Crippen molar-refractivity contribution in [1.82, 2.24) is 14.7 Å². The van der Waals surface area contributed by atoms with Crippen molar-refractivity contribution in [1.29, 1.82) is 0 Å². The fraction of sp³-hybridized carbons (Fsp3) is 0.750. The lowest BCUT2D eigenvalue weighted by molar-refractivity contribution is -0.148. The smallest absolute Gasteiger partial charge is 0.396 e. The first-order chi connectivity index (χ1) is 9.14. The van der Waals surface area contributed by atoms with Gasteiger partial charge >= 0.3 is 6.18 Å². The number of hydrogen-bond acceptors (Lipinski definition) is 4. The Labute approximate surface area is 116 Å². The topological polar surface area (TPSA) is 67.3 Å². The van der Waals surface area contributed by atoms with Crippen LogP contribution >= 0.6 is 0 Å². The van der Waals surface area contributed by atoms with Gasteiger partial charge in [-0.05, 0) is 20.4 Å². The third kappa shape index (κ3) is 4.68. The minimum atomic E-state index is -4.27. The summed E-state index contributed by atoms with van der Waals surface area (Å²) in [5.74, 6) is 0. The number of aliphatic hydroxyl groups is 1. The van der Waals surface area contributed by atoms with Gasteiger partial charge in [0.2, 0.25) is 0 Å². The van der Waals surface area contributed by atoms with Crippen LogP contribution in [0.2, 0.25) is 0 Å². The summed E-state index contributed by atoms with van der Waals surface area (Å²) in [5, 5.41) is 14.1. The fourth-order valence-electron chi connectivity index (χ4n) is 2.00. The van der Waals surface area contributed by atoms with Crippen LogP contribution in [-0.2, 0) is 6.54 Å². The zero-order valence-electron chi connectivity index (χ0n) is 11.9. The van der Waals surface area contributed by atoms with E-state index in [1.807, 2.05) is 0 Å². The molecule has 0 bridgehead atoms. The Balaban J connectivity index is 2.62. The van der Waals surface area contributed by atoms with E-state index in [0.29, 0.717) is 17.1 Å². The van der Waals surface area contributed by atoms with E-state index in [1.165, 1.54) is 4.68 Å². The van der Waals surface area contributed by atoms with Crippen molar-refractivity contribution in [3.05, 3.63) is 11.4 Å². The van der Waals surface area contributed by atoms with E-state index in [1.54, 1.807) is 20.8 Å². The van der Waals surface area contributed by atoms with E-state index in [9.17, 15) is 18.3 Å². The Bertz CT molecular complexity index is 445. The van der Waals surface area contributed by atoms with Crippen molar-refractivity contribution in [2.75, 3.05) is 25.4 Å². The summed E-state index contributed by atoms with van der Waals surface area (Å²) in [4.78, 5) is 1.15. The molecule has 20 heavy (non-hydrogen) atoms. The number of nitrogen functional groups attached to an aromatic ring is 1. The number of aryl methyl sites for hydroxylation is 1. The molecule has 116 valence electrons. The highest BCUT2D eigenvalue weighted by molar-refractivity contribution is 5.46. The predicted octanol–water partition coefficient (Wildman–Crippen LogP) is 1.33. The van der Waals surface area contributed by atoms with Crippen LogP contribution < -0.4 is 5.73 Å². The van der Waals surface area contributed by atoms with Crippen molar-refractivity contribution < 1.29 is 18.3 Å². The number of anilines is 1. The molecule has 0 spiro atoms. The van der Waals surface area contributed by atoms with Crippen LogP contribution in [0, 0.1) is 13.8 Å². The molecule has 0 radical (unpaired) electrons. The number of alkyl halides is 3. The highest BCUT2D eigenvalue weighted by atomic mass is 19.4. The Kier molecular flexibility index (Phi) is 5.41. The third-order valence-corrected chi connectivity index (χ3v) is 3.14. The first-order valence-corrected chi connectivity index (χ1v) is 6.40. The molecule has 1 rings (SSSR count). The van der Waals surface area contributed by atoms with Crippen LogP contribution in [0.15, 0.2) is 0 Å². The molecule has 0 aliphatic rings. The average Bonchev–Trinajstić information content (AvgIpc) is 2.54. The molecule has 0 saturated heterocycles. The lowest BCUT2D eigenvalue weighted by atomic mass is 10.3. The number of rotatable bonds is 6. The van der Waals surface area contributed by atoms with Gasteiger partial charge in [0.05, 0.1) is 36.3 Å². The molecule has 1 aromatic heterocycles. The van der Waals surface area contributed by atoms with Gasteiger partial charge in [0.15, 0.2) is 0 Å². The number of hydrogen-bond donors (Lipinski definition) is 2. The molecule has 0 aromatic carbocycles. The SMILES string of the molecule is CCN(CC(O)Cn1nc(C)c(N)c1C)CC(F)(F)F. The Hall–Kier alpha value is -1.28. The fourth-order valence-corrected chi connectivity index (χ4v) is 2.00. The normalized spacial score (nSPS) is 14.0. The lowest BCUT2D eigenvalue weighted by Gasteiger charge is -2.24. The van der Waals surface area contributed by atoms with Gasteiger partial charge in [-0.15, -0.1) is 0 Å². The van der Waals surface area contributed by atoms with Crippen LogP contribution in [0.3, 0.4) is 0 Å². The second-order valence-electron chi connectivity index (χ2n) is 4.86. The molecule has 3 N–H and O–H groups in total. The number of aliphatic hydroxyl groups excluding tert-OH is 1. The number of nitrogens with zero attached hydrogens (tertiary/aromatic N) is 3. The molecule has 0 amide bonds. The maximum absolute atomic E-state index is 12.3. The second-order valence-corrected chi connectivity index (χ2v) is 4.86. The van der Waals surface area contributed by atoms with Crippen LogP contribution in [0.5, 0.6) is 0 Å². The highest BCUT2D eigenvalue weighted by Crippen LogP contribution is 2.17. The minimum Gasteiger partial charge on any atom is -0.396 e. The molecule has 5 nitrogen and oxygen atoms in total. The Morgan fingerprint density at radius 2 is 2.00 bits per heavy atom. The van der Waals surface area contributed by atoms with Crippen LogP contribution in [0.25, 0.3) is 0 Å². The molecule has 8 heteroatoms. The lowest BCUT2D eigenvalue weighted by Crippen LogP contribution is -2.40. The quantitative estimate of drug-likeness (QED) is 0.830. The van der Waals surface area contributed by atoms with Gasteiger partial charge in [0.1, 0.15) is 0 Å². The third-order valence-electron chi connectivity index (χ3n) is 3.14. The monoisotopic (exact) mass is 294 g/mol. The summed E-state index contributed by atoms with van der Waals surface area (Å²) < 4.78 is 38.5. The van der Waals surface area contributed by atoms with Crippen molar-refractivity contribution in [3.8, 4) is 0 Å². The van der Waals surface area contributed by atoms with Gasteiger partial charge in [-0.2, -0.15) is 18.3 Å². The Morgan fingerprint density at radius 3 is 2.40 bits per heavy atom. The van der Waals surface area contributed by atoms with Crippen molar-refractivity contribution in [2.45, 2.75) is 39.6 Å². The average molecular weight is 294 g/mol. The van der Waals surface area contributed by atoms with Crippen molar-refractivity contribution in [3.63, 3.8) is 0 Å². The van der Waals surface area contributed by atoms with Crippen LogP contribution in [0.4, 0.5) is 18.9 Å². The van der Waals surface area contributed by atoms with E-state index in [2.05, 4.69) is 5.10 Å². The molecule has 1 aromatic rings. The van der Waals surface area contributed by atoms with Crippen molar-refractivity contribution in [2.24, 2.45) is 0 Å². The van der Waals surface area contributed by atoms with E-state index < -0.39 is 18.8 Å². The molecular formula is C12H21F3N4O. The largest absolute Gasteiger partial charge is 0.401 e. The number of likely N-dealkylation sites (N-methyl/N-ethyl adjacent to an activating group) is 1. The molecular weight excluding hydrogens is 273 g/mol. The number of nitrogens with two attached hydrogens (primary N) is 1. The summed E-state index contributed by atoms with van der Waals surface area (Å²) in [7, 11) is 0. The summed E-state index contributed by atoms with van der Waals surface area (Å²) in [5.41, 5.74) is 7.67. The molecule has 0 saturated carbocycles. The van der Waals surface area contributed by atoms with Gasteiger partial charge in [-0.25, -0.2) is 0 Å². The summed E-state index contributed by atoms with van der Waals surface area (Å²) in [6, 6.07) is 0. The van der Waals surface area contributed by atoms with E-state index in [4.69, 9.17) is 5.73 Å². The molecule has 0 fully saturated rings. The number of halogens is 3.